The predicted molar refractivity (Wildman–Crippen MR) is 78.4 cm³/mol. The molecule has 0 heterocycles. The van der Waals surface area contributed by atoms with Crippen LogP contribution in [0.25, 0.3) is 0 Å². The number of esters is 1. The van der Waals surface area contributed by atoms with Gasteiger partial charge in [-0.25, -0.2) is 0 Å². The summed E-state index contributed by atoms with van der Waals surface area (Å²) in [6, 6.07) is 0.358. The van der Waals surface area contributed by atoms with Gasteiger partial charge in [-0.05, 0) is 26.3 Å². The zero-order valence-electron chi connectivity index (χ0n) is 12.8. The van der Waals surface area contributed by atoms with Crippen LogP contribution in [0.4, 0.5) is 0 Å². The van der Waals surface area contributed by atoms with Gasteiger partial charge in [-0.3, -0.25) is 14.5 Å². The fourth-order valence-electron chi connectivity index (χ4n) is 2.54. The first-order chi connectivity index (χ1) is 9.65. The summed E-state index contributed by atoms with van der Waals surface area (Å²) >= 11 is 0. The van der Waals surface area contributed by atoms with E-state index < -0.39 is 0 Å². The normalized spacial score (nSPS) is 16.1. The van der Waals surface area contributed by atoms with Crippen molar-refractivity contribution in [3.05, 3.63) is 0 Å². The molecule has 5 nitrogen and oxygen atoms in total. The summed E-state index contributed by atoms with van der Waals surface area (Å²) in [4.78, 5) is 25.2. The second-order valence-corrected chi connectivity index (χ2v) is 5.33. The van der Waals surface area contributed by atoms with Crippen LogP contribution in [-0.2, 0) is 14.3 Å². The lowest BCUT2D eigenvalue weighted by Crippen LogP contribution is -2.39. The van der Waals surface area contributed by atoms with E-state index in [4.69, 9.17) is 4.74 Å². The number of hydrogen-bond donors (Lipinski definition) is 1. The molecule has 0 unspecified atom stereocenters. The maximum absolute atomic E-state index is 11.9. The van der Waals surface area contributed by atoms with Crippen LogP contribution in [0.5, 0.6) is 0 Å². The van der Waals surface area contributed by atoms with Gasteiger partial charge < -0.3 is 10.1 Å². The van der Waals surface area contributed by atoms with E-state index in [-0.39, 0.29) is 18.4 Å². The number of hydrogen-bond acceptors (Lipinski definition) is 4. The van der Waals surface area contributed by atoms with Crippen LogP contribution in [-0.4, -0.2) is 49.1 Å². The third-order valence-electron chi connectivity index (χ3n) is 3.73. The van der Waals surface area contributed by atoms with Gasteiger partial charge in [0.15, 0.2) is 0 Å². The molecular formula is C15H28N2O3. The first-order valence-corrected chi connectivity index (χ1v) is 7.83. The largest absolute Gasteiger partial charge is 0.465 e. The van der Waals surface area contributed by atoms with Crippen LogP contribution in [0.2, 0.25) is 0 Å². The van der Waals surface area contributed by atoms with E-state index in [0.29, 0.717) is 25.6 Å². The summed E-state index contributed by atoms with van der Waals surface area (Å²) in [6.07, 6.45) is 6.38. The summed E-state index contributed by atoms with van der Waals surface area (Å²) < 4.78 is 4.92. The van der Waals surface area contributed by atoms with Crippen molar-refractivity contribution in [1.29, 1.82) is 0 Å². The van der Waals surface area contributed by atoms with Gasteiger partial charge in [-0.2, -0.15) is 0 Å². The highest BCUT2D eigenvalue weighted by Crippen LogP contribution is 2.17. The van der Waals surface area contributed by atoms with Gasteiger partial charge in [0.05, 0.1) is 13.2 Å². The van der Waals surface area contributed by atoms with Gasteiger partial charge in [0, 0.05) is 19.0 Å². The molecule has 0 aromatic rings. The Balaban J connectivity index is 2.21. The molecule has 0 aromatic heterocycles. The Kier molecular flexibility index (Phi) is 8.26. The van der Waals surface area contributed by atoms with Crippen LogP contribution in [0.1, 0.15) is 52.4 Å². The number of amides is 1. The monoisotopic (exact) mass is 284 g/mol. The van der Waals surface area contributed by atoms with Crippen molar-refractivity contribution in [3.8, 4) is 0 Å². The molecule has 0 aliphatic heterocycles. The highest BCUT2D eigenvalue weighted by atomic mass is 16.5. The fraction of sp³-hybridized carbons (Fsp3) is 0.867. The minimum atomic E-state index is -0.220. The molecule has 0 radical (unpaired) electrons. The lowest BCUT2D eigenvalue weighted by Gasteiger charge is -2.24. The molecule has 5 heteroatoms. The summed E-state index contributed by atoms with van der Waals surface area (Å²) in [5.41, 5.74) is 0. The molecular weight excluding hydrogens is 256 g/mol. The Morgan fingerprint density at radius 3 is 2.50 bits per heavy atom. The smallest absolute Gasteiger partial charge is 0.320 e. The fourth-order valence-corrected chi connectivity index (χ4v) is 2.54. The third kappa shape index (κ3) is 6.89. The van der Waals surface area contributed by atoms with Crippen LogP contribution in [0, 0.1) is 0 Å². The molecule has 1 aliphatic rings. The molecule has 0 atom stereocenters. The van der Waals surface area contributed by atoms with Crippen LogP contribution < -0.4 is 5.32 Å². The highest BCUT2D eigenvalue weighted by Gasteiger charge is 2.16. The summed E-state index contributed by atoms with van der Waals surface area (Å²) in [6.45, 7) is 5.80. The van der Waals surface area contributed by atoms with Crippen molar-refractivity contribution in [3.63, 3.8) is 0 Å². The first-order valence-electron chi connectivity index (χ1n) is 7.83. The van der Waals surface area contributed by atoms with Crippen molar-refractivity contribution in [2.45, 2.75) is 58.4 Å². The highest BCUT2D eigenvalue weighted by molar-refractivity contribution is 5.76. The summed E-state index contributed by atoms with van der Waals surface area (Å²) in [5.74, 6) is -0.124. The van der Waals surface area contributed by atoms with Gasteiger partial charge >= 0.3 is 5.97 Å². The van der Waals surface area contributed by atoms with Crippen LogP contribution in [0.3, 0.4) is 0 Å². The average Bonchev–Trinajstić information content (AvgIpc) is 2.44. The topological polar surface area (TPSA) is 58.6 Å². The molecule has 20 heavy (non-hydrogen) atoms. The van der Waals surface area contributed by atoms with Crippen LogP contribution in [0.15, 0.2) is 0 Å². The van der Waals surface area contributed by atoms with E-state index in [2.05, 4.69) is 5.32 Å². The van der Waals surface area contributed by atoms with E-state index in [1.807, 2.05) is 11.8 Å². The molecule has 1 amide bonds. The summed E-state index contributed by atoms with van der Waals surface area (Å²) in [7, 11) is 0. The van der Waals surface area contributed by atoms with E-state index in [1.54, 1.807) is 6.92 Å². The molecule has 0 aromatic carbocycles. The quantitative estimate of drug-likeness (QED) is 0.689. The van der Waals surface area contributed by atoms with Gasteiger partial charge in [0.2, 0.25) is 5.91 Å². The molecule has 0 saturated heterocycles. The molecule has 1 aliphatic carbocycles. The zero-order chi connectivity index (χ0) is 14.8. The Morgan fingerprint density at radius 1 is 1.20 bits per heavy atom. The number of ether oxygens (including phenoxy) is 1. The Bertz CT molecular complexity index is 301. The standard InChI is InChI=1S/C15H28N2O3/c1-3-17(12-15(19)20-4-2)11-10-14(18)16-13-8-6-5-7-9-13/h13H,3-12H2,1-2H3,(H,16,18). The van der Waals surface area contributed by atoms with Crippen molar-refractivity contribution in [2.75, 3.05) is 26.2 Å². The van der Waals surface area contributed by atoms with E-state index in [9.17, 15) is 9.59 Å². The minimum Gasteiger partial charge on any atom is -0.465 e. The van der Waals surface area contributed by atoms with Crippen molar-refractivity contribution >= 4 is 11.9 Å². The molecule has 1 N–H and O–H groups in total. The first kappa shape index (κ1) is 17.0. The Labute approximate surface area is 122 Å². The summed E-state index contributed by atoms with van der Waals surface area (Å²) in [5, 5.41) is 3.10. The van der Waals surface area contributed by atoms with E-state index in [1.165, 1.54) is 19.3 Å². The van der Waals surface area contributed by atoms with Crippen LogP contribution >= 0.6 is 0 Å². The maximum atomic E-state index is 11.9. The Morgan fingerprint density at radius 2 is 1.90 bits per heavy atom. The molecule has 0 bridgehead atoms. The average molecular weight is 284 g/mol. The second-order valence-electron chi connectivity index (χ2n) is 5.33. The predicted octanol–water partition coefficient (Wildman–Crippen LogP) is 1.71. The molecule has 1 fully saturated rings. The number of rotatable bonds is 8. The molecule has 0 spiro atoms. The maximum Gasteiger partial charge on any atom is 0.320 e. The van der Waals surface area contributed by atoms with Gasteiger partial charge in [0.25, 0.3) is 0 Å². The van der Waals surface area contributed by atoms with E-state index >= 15 is 0 Å². The lowest BCUT2D eigenvalue weighted by molar-refractivity contribution is -0.144. The number of likely N-dealkylation sites (N-methyl/N-ethyl adjacent to an activating group) is 1. The van der Waals surface area contributed by atoms with Gasteiger partial charge in [-0.1, -0.05) is 26.2 Å². The molecule has 1 saturated carbocycles. The number of nitrogens with zero attached hydrogens (tertiary/aromatic N) is 1. The third-order valence-corrected chi connectivity index (χ3v) is 3.73. The minimum absolute atomic E-state index is 0.0965. The Hall–Kier alpha value is -1.10. The van der Waals surface area contributed by atoms with Gasteiger partial charge in [-0.15, -0.1) is 0 Å². The lowest BCUT2D eigenvalue weighted by atomic mass is 9.95. The van der Waals surface area contributed by atoms with Crippen molar-refractivity contribution in [2.24, 2.45) is 0 Å². The van der Waals surface area contributed by atoms with E-state index in [0.717, 1.165) is 19.4 Å². The molecule has 116 valence electrons. The second kappa shape index (κ2) is 9.75. The molecule has 1 rings (SSSR count). The zero-order valence-corrected chi connectivity index (χ0v) is 12.8. The number of carbonyl (C=O) groups excluding carboxylic acids is 2. The number of carbonyl (C=O) groups is 2. The van der Waals surface area contributed by atoms with Gasteiger partial charge in [0.1, 0.15) is 0 Å². The van der Waals surface area contributed by atoms with Crippen molar-refractivity contribution in [1.82, 2.24) is 10.2 Å². The SMILES string of the molecule is CCOC(=O)CN(CC)CCC(=O)NC1CCCCC1. The number of nitrogens with one attached hydrogen (secondary N) is 1. The van der Waals surface area contributed by atoms with Crippen molar-refractivity contribution < 1.29 is 14.3 Å².